The molecule has 0 spiro atoms. The summed E-state index contributed by atoms with van der Waals surface area (Å²) in [7, 11) is 1.42. The number of imidazole rings is 1. The molecule has 0 saturated carbocycles. The number of pyridine rings is 1. The first-order chi connectivity index (χ1) is 12.2. The maximum Gasteiger partial charge on any atom is 0.424 e. The number of halogens is 4. The molecule has 0 radical (unpaired) electrons. The van der Waals surface area contributed by atoms with Crippen molar-refractivity contribution in [2.75, 3.05) is 11.9 Å². The number of benzene rings is 1. The van der Waals surface area contributed by atoms with E-state index in [1.165, 1.54) is 24.0 Å². The summed E-state index contributed by atoms with van der Waals surface area (Å²) in [6.07, 6.45) is -1.26. The lowest BCUT2D eigenvalue weighted by Gasteiger charge is -2.30. The van der Waals surface area contributed by atoms with Crippen molar-refractivity contribution >= 4 is 32.5 Å². The van der Waals surface area contributed by atoms with Gasteiger partial charge in [-0.3, -0.25) is 4.98 Å². The number of hydrogen-bond donors (Lipinski definition) is 2. The van der Waals surface area contributed by atoms with Gasteiger partial charge in [-0.1, -0.05) is 15.9 Å². The molecule has 0 bridgehead atoms. The molecule has 2 N–H and O–H groups in total. The third-order valence-electron chi connectivity index (χ3n) is 4.17. The Labute approximate surface area is 156 Å². The van der Waals surface area contributed by atoms with Gasteiger partial charge in [0.05, 0.1) is 5.52 Å². The summed E-state index contributed by atoms with van der Waals surface area (Å²) in [4.78, 5) is 7.92. The van der Waals surface area contributed by atoms with E-state index in [9.17, 15) is 18.3 Å². The zero-order valence-corrected chi connectivity index (χ0v) is 15.3. The van der Waals surface area contributed by atoms with Crippen LogP contribution < -0.4 is 5.32 Å². The number of nitrogens with one attached hydrogen (secondary N) is 1. The number of fused-ring (bicyclic) bond motifs is 1. The normalized spacial score (nSPS) is 14.4. The Morgan fingerprint density at radius 1 is 1.19 bits per heavy atom. The predicted molar refractivity (Wildman–Crippen MR) is 95.7 cm³/mol. The number of rotatable bonds is 5. The molecule has 0 aliphatic rings. The van der Waals surface area contributed by atoms with Gasteiger partial charge in [-0.15, -0.1) is 0 Å². The number of anilines is 1. The molecule has 9 heteroatoms. The van der Waals surface area contributed by atoms with Crippen LogP contribution in [0.3, 0.4) is 0 Å². The summed E-state index contributed by atoms with van der Waals surface area (Å²) in [5, 5.41) is 14.1. The van der Waals surface area contributed by atoms with E-state index in [0.29, 0.717) is 11.2 Å². The molecular formula is C17H16BrF3N4O. The van der Waals surface area contributed by atoms with Gasteiger partial charge in [-0.05, 0) is 24.3 Å². The van der Waals surface area contributed by atoms with Crippen molar-refractivity contribution in [3.63, 3.8) is 0 Å². The SMILES string of the molecule is Cn1ccnc1C(O)(CCNc1ccnc2ccc(Br)cc12)C(F)(F)F. The van der Waals surface area contributed by atoms with Gasteiger partial charge in [0.1, 0.15) is 5.82 Å². The van der Waals surface area contributed by atoms with Crippen LogP contribution in [0.1, 0.15) is 12.2 Å². The zero-order valence-electron chi connectivity index (χ0n) is 13.8. The number of aryl methyl sites for hydroxylation is 1. The predicted octanol–water partition coefficient (Wildman–Crippen LogP) is 3.98. The summed E-state index contributed by atoms with van der Waals surface area (Å²) >= 11 is 3.37. The molecule has 1 atom stereocenters. The Kier molecular flexibility index (Phi) is 4.94. The van der Waals surface area contributed by atoms with Crippen LogP contribution in [0.25, 0.3) is 10.9 Å². The molecule has 0 saturated heterocycles. The van der Waals surface area contributed by atoms with Crippen LogP contribution in [-0.2, 0) is 12.6 Å². The van der Waals surface area contributed by atoms with Crippen molar-refractivity contribution in [3.05, 3.63) is 53.2 Å². The second-order valence-electron chi connectivity index (χ2n) is 5.92. The van der Waals surface area contributed by atoms with Gasteiger partial charge in [-0.25, -0.2) is 4.98 Å². The van der Waals surface area contributed by atoms with Crippen LogP contribution in [0.4, 0.5) is 18.9 Å². The van der Waals surface area contributed by atoms with Crippen molar-refractivity contribution in [1.82, 2.24) is 14.5 Å². The molecular weight excluding hydrogens is 413 g/mol. The van der Waals surface area contributed by atoms with E-state index >= 15 is 0 Å². The van der Waals surface area contributed by atoms with Crippen LogP contribution >= 0.6 is 15.9 Å². The van der Waals surface area contributed by atoms with E-state index < -0.39 is 24.0 Å². The fourth-order valence-corrected chi connectivity index (χ4v) is 3.16. The quantitative estimate of drug-likeness (QED) is 0.644. The highest BCUT2D eigenvalue weighted by molar-refractivity contribution is 9.10. The summed E-state index contributed by atoms with van der Waals surface area (Å²) in [6, 6.07) is 7.16. The lowest BCUT2D eigenvalue weighted by atomic mass is 9.97. The Morgan fingerprint density at radius 2 is 1.96 bits per heavy atom. The van der Waals surface area contributed by atoms with Crippen LogP contribution in [0.2, 0.25) is 0 Å². The average molecular weight is 429 g/mol. The van der Waals surface area contributed by atoms with Crippen LogP contribution in [-0.4, -0.2) is 32.4 Å². The summed E-state index contributed by atoms with van der Waals surface area (Å²) < 4.78 is 42.6. The Morgan fingerprint density at radius 3 is 2.62 bits per heavy atom. The molecule has 2 heterocycles. The molecule has 0 aliphatic heterocycles. The first-order valence-corrected chi connectivity index (χ1v) is 8.57. The largest absolute Gasteiger partial charge is 0.424 e. The fourth-order valence-electron chi connectivity index (χ4n) is 2.80. The van der Waals surface area contributed by atoms with Crippen molar-refractivity contribution in [2.45, 2.75) is 18.2 Å². The van der Waals surface area contributed by atoms with Gasteiger partial charge >= 0.3 is 6.18 Å². The molecule has 1 aromatic carbocycles. The molecule has 5 nitrogen and oxygen atoms in total. The standard InChI is InChI=1S/C17H16BrF3N4O/c1-25-9-8-24-15(25)16(26,17(19,20)21)5-7-23-14-4-6-22-13-3-2-11(18)10-12(13)14/h2-4,6,8-10,26H,5,7H2,1H3,(H,22,23). The number of alkyl halides is 3. The lowest BCUT2D eigenvalue weighted by Crippen LogP contribution is -2.45. The second-order valence-corrected chi connectivity index (χ2v) is 6.83. The Hall–Kier alpha value is -2.13. The molecule has 26 heavy (non-hydrogen) atoms. The third-order valence-corrected chi connectivity index (χ3v) is 4.66. The van der Waals surface area contributed by atoms with Crippen molar-refractivity contribution < 1.29 is 18.3 Å². The summed E-state index contributed by atoms with van der Waals surface area (Å²) in [5.74, 6) is -0.436. The topological polar surface area (TPSA) is 63.0 Å². The molecule has 2 aromatic heterocycles. The van der Waals surface area contributed by atoms with E-state index in [1.807, 2.05) is 18.2 Å². The van der Waals surface area contributed by atoms with Gasteiger partial charge < -0.3 is 15.0 Å². The summed E-state index contributed by atoms with van der Waals surface area (Å²) in [5.41, 5.74) is -1.68. The Balaban J connectivity index is 1.84. The zero-order chi connectivity index (χ0) is 18.9. The van der Waals surface area contributed by atoms with E-state index in [-0.39, 0.29) is 6.54 Å². The highest BCUT2D eigenvalue weighted by Crippen LogP contribution is 2.40. The monoisotopic (exact) mass is 428 g/mol. The maximum atomic E-state index is 13.5. The molecule has 138 valence electrons. The highest BCUT2D eigenvalue weighted by atomic mass is 79.9. The first-order valence-electron chi connectivity index (χ1n) is 7.77. The third kappa shape index (κ3) is 3.41. The highest BCUT2D eigenvalue weighted by Gasteiger charge is 2.57. The minimum absolute atomic E-state index is 0.103. The molecule has 0 amide bonds. The van der Waals surface area contributed by atoms with Crippen molar-refractivity contribution in [1.29, 1.82) is 0 Å². The second kappa shape index (κ2) is 6.88. The van der Waals surface area contributed by atoms with Crippen LogP contribution in [0.15, 0.2) is 47.3 Å². The van der Waals surface area contributed by atoms with Gasteiger partial charge in [0, 0.05) is 54.2 Å². The number of nitrogens with zero attached hydrogens (tertiary/aromatic N) is 3. The molecule has 3 rings (SSSR count). The Bertz CT molecular complexity index is 928. The molecule has 3 aromatic rings. The number of aliphatic hydroxyl groups is 1. The first kappa shape index (κ1) is 18.7. The van der Waals surface area contributed by atoms with Crippen molar-refractivity contribution in [2.24, 2.45) is 7.05 Å². The van der Waals surface area contributed by atoms with Gasteiger partial charge in [-0.2, -0.15) is 13.2 Å². The molecule has 1 unspecified atom stereocenters. The number of aromatic nitrogens is 3. The van der Waals surface area contributed by atoms with Crippen LogP contribution in [0.5, 0.6) is 0 Å². The minimum Gasteiger partial charge on any atom is -0.384 e. The fraction of sp³-hybridized carbons (Fsp3) is 0.294. The van der Waals surface area contributed by atoms with E-state index in [1.54, 1.807) is 12.3 Å². The molecule has 0 fully saturated rings. The average Bonchev–Trinajstić information content (AvgIpc) is 3.00. The van der Waals surface area contributed by atoms with E-state index in [0.717, 1.165) is 9.86 Å². The lowest BCUT2D eigenvalue weighted by molar-refractivity contribution is -0.271. The minimum atomic E-state index is -4.85. The maximum absolute atomic E-state index is 13.5. The molecule has 0 aliphatic carbocycles. The van der Waals surface area contributed by atoms with Gasteiger partial charge in [0.2, 0.25) is 5.60 Å². The van der Waals surface area contributed by atoms with Crippen molar-refractivity contribution in [3.8, 4) is 0 Å². The smallest absolute Gasteiger partial charge is 0.384 e. The van der Waals surface area contributed by atoms with Gasteiger partial charge in [0.25, 0.3) is 0 Å². The van der Waals surface area contributed by atoms with E-state index in [4.69, 9.17) is 0 Å². The van der Waals surface area contributed by atoms with E-state index in [2.05, 4.69) is 31.2 Å². The van der Waals surface area contributed by atoms with Gasteiger partial charge in [0.15, 0.2) is 0 Å². The summed E-state index contributed by atoms with van der Waals surface area (Å²) in [6.45, 7) is -0.103. The number of hydrogen-bond acceptors (Lipinski definition) is 4. The van der Waals surface area contributed by atoms with Crippen LogP contribution in [0, 0.1) is 0 Å².